The van der Waals surface area contributed by atoms with E-state index in [0.717, 1.165) is 17.9 Å². The molecule has 4 nitrogen and oxygen atoms in total. The van der Waals surface area contributed by atoms with Gasteiger partial charge in [0.2, 0.25) is 5.91 Å². The van der Waals surface area contributed by atoms with Crippen LogP contribution in [-0.4, -0.2) is 19.1 Å². The lowest BCUT2D eigenvalue weighted by Crippen LogP contribution is -2.13. The highest BCUT2D eigenvalue weighted by Crippen LogP contribution is 2.25. The number of halogens is 2. The number of nitrogens with one attached hydrogen (secondary N) is 1. The summed E-state index contributed by atoms with van der Waals surface area (Å²) in [6.07, 6.45) is 0.453. The largest absolute Gasteiger partial charge is 0.489 e. The molecule has 0 radical (unpaired) electrons. The summed E-state index contributed by atoms with van der Waals surface area (Å²) < 4.78 is 33.2. The Balaban J connectivity index is 0.000000175. The van der Waals surface area contributed by atoms with E-state index < -0.39 is 6.61 Å². The molecule has 2 bridgehead atoms. The van der Waals surface area contributed by atoms with E-state index in [1.807, 2.05) is 12.1 Å². The van der Waals surface area contributed by atoms with Gasteiger partial charge in [0.25, 0.3) is 0 Å². The number of hydrogen-bond acceptors (Lipinski definition) is 3. The Labute approximate surface area is 138 Å². The Morgan fingerprint density at radius 3 is 2.54 bits per heavy atom. The van der Waals surface area contributed by atoms with Crippen molar-refractivity contribution in [2.24, 2.45) is 0 Å². The third kappa shape index (κ3) is 4.22. The molecule has 0 aliphatic carbocycles. The molecule has 1 fully saturated rings. The Bertz CT molecular complexity index is 684. The summed E-state index contributed by atoms with van der Waals surface area (Å²) in [5.41, 5.74) is 2.24. The van der Waals surface area contributed by atoms with Crippen LogP contribution in [0.5, 0.6) is 11.5 Å². The average Bonchev–Trinajstić information content (AvgIpc) is 3.14. The highest BCUT2D eigenvalue weighted by atomic mass is 19.3. The quantitative estimate of drug-likeness (QED) is 0.936. The van der Waals surface area contributed by atoms with Crippen molar-refractivity contribution in [2.45, 2.75) is 25.6 Å². The molecule has 0 spiro atoms. The fraction of sp³-hybridized carbons (Fsp3) is 0.278. The third-order valence-electron chi connectivity index (χ3n) is 3.86. The number of benzene rings is 2. The summed E-state index contributed by atoms with van der Waals surface area (Å²) in [7, 11) is 0. The Kier molecular flexibility index (Phi) is 4.93. The summed E-state index contributed by atoms with van der Waals surface area (Å²) in [6, 6.07) is 14.5. The zero-order valence-electron chi connectivity index (χ0n) is 12.9. The maximum absolute atomic E-state index is 11.9. The first-order valence-corrected chi connectivity index (χ1v) is 7.63. The number of fused-ring (bicyclic) bond motifs is 2. The number of carbonyl (C=O) groups excluding carboxylic acids is 1. The molecule has 6 heteroatoms. The molecule has 4 rings (SSSR count). The lowest BCUT2D eigenvalue weighted by molar-refractivity contribution is -0.119. The van der Waals surface area contributed by atoms with Gasteiger partial charge < -0.3 is 14.8 Å². The Morgan fingerprint density at radius 2 is 1.96 bits per heavy atom. The molecule has 0 saturated carbocycles. The van der Waals surface area contributed by atoms with E-state index >= 15 is 0 Å². The van der Waals surface area contributed by atoms with Crippen molar-refractivity contribution in [1.82, 2.24) is 5.32 Å². The number of carbonyl (C=O) groups is 1. The number of alkyl halides is 2. The third-order valence-corrected chi connectivity index (χ3v) is 3.86. The fourth-order valence-corrected chi connectivity index (χ4v) is 2.65. The summed E-state index contributed by atoms with van der Waals surface area (Å²) in [5, 5.41) is 2.72. The summed E-state index contributed by atoms with van der Waals surface area (Å²) in [5.74, 6) is 1.30. The van der Waals surface area contributed by atoms with Gasteiger partial charge in [0.05, 0.1) is 0 Å². The molecule has 1 unspecified atom stereocenters. The second kappa shape index (κ2) is 7.29. The number of rotatable bonds is 3. The maximum atomic E-state index is 11.9. The molecule has 24 heavy (non-hydrogen) atoms. The lowest BCUT2D eigenvalue weighted by atomic mass is 9.98. The second-order valence-corrected chi connectivity index (χ2v) is 5.59. The Morgan fingerprint density at radius 1 is 1.17 bits per heavy atom. The maximum Gasteiger partial charge on any atom is 0.387 e. The average molecular weight is 333 g/mol. The summed E-state index contributed by atoms with van der Waals surface area (Å²) in [4.78, 5) is 11.0. The molecule has 1 amide bonds. The van der Waals surface area contributed by atoms with Crippen molar-refractivity contribution < 1.29 is 23.0 Å². The van der Waals surface area contributed by atoms with E-state index in [1.54, 1.807) is 12.1 Å². The standard InChI is InChI=1S/C11H11F2NO2.C7H6O/c12-11(13)16-9-3-1-7(2-4-9)8-5-10(15)14-6-8;1-2-6-4-7(3-1)8-5-6/h1-4,8,11H,5-6H2,(H,14,15);1-4H,5H2. The highest BCUT2D eigenvalue weighted by Gasteiger charge is 2.22. The zero-order chi connectivity index (χ0) is 16.9. The number of hydrogen-bond donors (Lipinski definition) is 1. The van der Waals surface area contributed by atoms with Crippen LogP contribution >= 0.6 is 0 Å². The minimum Gasteiger partial charge on any atom is -0.489 e. The SMILES string of the molecule is O=C1CC(c2ccc(OC(F)F)cc2)CN1.c1cc2cc(c1)OC2. The van der Waals surface area contributed by atoms with E-state index in [1.165, 1.54) is 17.7 Å². The number of amides is 1. The van der Waals surface area contributed by atoms with Gasteiger partial charge in [-0.2, -0.15) is 8.78 Å². The monoisotopic (exact) mass is 333 g/mol. The van der Waals surface area contributed by atoms with Crippen molar-refractivity contribution in [3.8, 4) is 11.5 Å². The molecule has 126 valence electrons. The minimum absolute atomic E-state index is 0.0258. The van der Waals surface area contributed by atoms with Gasteiger partial charge in [-0.1, -0.05) is 24.3 Å². The molecule has 0 aromatic heterocycles. The highest BCUT2D eigenvalue weighted by molar-refractivity contribution is 5.79. The van der Waals surface area contributed by atoms with E-state index in [4.69, 9.17) is 4.74 Å². The van der Waals surface area contributed by atoms with Gasteiger partial charge in [0, 0.05) is 18.9 Å². The van der Waals surface area contributed by atoms with Crippen LogP contribution in [0.1, 0.15) is 23.5 Å². The normalized spacial score (nSPS) is 17.8. The van der Waals surface area contributed by atoms with Crippen molar-refractivity contribution in [3.63, 3.8) is 0 Å². The van der Waals surface area contributed by atoms with Gasteiger partial charge >= 0.3 is 6.61 Å². The molecule has 2 aliphatic rings. The molecular formula is C18H17F2NO3. The topological polar surface area (TPSA) is 47.6 Å². The molecule has 2 aromatic rings. The van der Waals surface area contributed by atoms with Gasteiger partial charge in [0.1, 0.15) is 18.1 Å². The molecule has 1 saturated heterocycles. The first-order chi connectivity index (χ1) is 11.6. The fourth-order valence-electron chi connectivity index (χ4n) is 2.65. The van der Waals surface area contributed by atoms with Crippen molar-refractivity contribution in [1.29, 1.82) is 0 Å². The smallest absolute Gasteiger partial charge is 0.387 e. The second-order valence-electron chi connectivity index (χ2n) is 5.59. The summed E-state index contributed by atoms with van der Waals surface area (Å²) >= 11 is 0. The van der Waals surface area contributed by atoms with Gasteiger partial charge in [-0.15, -0.1) is 0 Å². The number of ether oxygens (including phenoxy) is 2. The van der Waals surface area contributed by atoms with Crippen LogP contribution in [-0.2, 0) is 11.4 Å². The molecule has 2 aliphatic heterocycles. The van der Waals surface area contributed by atoms with Crippen LogP contribution in [0.3, 0.4) is 0 Å². The van der Waals surface area contributed by atoms with E-state index in [-0.39, 0.29) is 17.6 Å². The summed E-state index contributed by atoms with van der Waals surface area (Å²) in [6.45, 7) is -1.43. The van der Waals surface area contributed by atoms with E-state index in [2.05, 4.69) is 22.2 Å². The van der Waals surface area contributed by atoms with Gasteiger partial charge in [-0.05, 0) is 35.4 Å². The first-order valence-electron chi connectivity index (χ1n) is 7.63. The molecule has 2 heterocycles. The zero-order valence-corrected chi connectivity index (χ0v) is 12.9. The van der Waals surface area contributed by atoms with Crippen LogP contribution in [0, 0.1) is 0 Å². The van der Waals surface area contributed by atoms with E-state index in [9.17, 15) is 13.6 Å². The van der Waals surface area contributed by atoms with Crippen molar-refractivity contribution in [3.05, 3.63) is 59.7 Å². The Hall–Kier alpha value is -2.63. The van der Waals surface area contributed by atoms with Crippen LogP contribution in [0.25, 0.3) is 0 Å². The predicted octanol–water partition coefficient (Wildman–Crippen LogP) is 3.47. The van der Waals surface area contributed by atoms with Crippen LogP contribution in [0.2, 0.25) is 0 Å². The first kappa shape index (κ1) is 16.2. The molecule has 1 atom stereocenters. The van der Waals surface area contributed by atoms with Crippen molar-refractivity contribution in [2.75, 3.05) is 6.54 Å². The molecule has 1 N–H and O–H groups in total. The lowest BCUT2D eigenvalue weighted by Gasteiger charge is -2.09. The van der Waals surface area contributed by atoms with Gasteiger partial charge in [0.15, 0.2) is 0 Å². The molecule has 2 aromatic carbocycles. The molecular weight excluding hydrogens is 316 g/mol. The van der Waals surface area contributed by atoms with Crippen molar-refractivity contribution >= 4 is 5.91 Å². The van der Waals surface area contributed by atoms with Crippen LogP contribution < -0.4 is 14.8 Å². The van der Waals surface area contributed by atoms with Crippen LogP contribution in [0.15, 0.2) is 48.5 Å². The predicted molar refractivity (Wildman–Crippen MR) is 84.2 cm³/mol. The van der Waals surface area contributed by atoms with Gasteiger partial charge in [-0.25, -0.2) is 0 Å². The van der Waals surface area contributed by atoms with Gasteiger partial charge in [-0.3, -0.25) is 4.79 Å². The van der Waals surface area contributed by atoms with Crippen LogP contribution in [0.4, 0.5) is 8.78 Å². The minimum atomic E-state index is -2.81. The van der Waals surface area contributed by atoms with E-state index in [0.29, 0.717) is 13.0 Å².